The Morgan fingerprint density at radius 2 is 2.10 bits per heavy atom. The molecule has 0 radical (unpaired) electrons. The minimum absolute atomic E-state index is 0.110. The molecule has 0 saturated heterocycles. The lowest BCUT2D eigenvalue weighted by Crippen LogP contribution is -2.13. The van der Waals surface area contributed by atoms with Crippen LogP contribution in [0.25, 0.3) is 0 Å². The SMILES string of the molecule is COC(=O)c1ccnc(NC(C)c2ccccc2Cl)c1N. The molecular formula is C15H16ClN3O2. The van der Waals surface area contributed by atoms with Crippen LogP contribution >= 0.6 is 11.6 Å². The Labute approximate surface area is 128 Å². The maximum Gasteiger partial charge on any atom is 0.340 e. The van der Waals surface area contributed by atoms with E-state index < -0.39 is 5.97 Å². The van der Waals surface area contributed by atoms with Gasteiger partial charge in [0.15, 0.2) is 5.82 Å². The molecule has 0 fully saturated rings. The highest BCUT2D eigenvalue weighted by molar-refractivity contribution is 6.31. The second-order valence-corrected chi connectivity index (χ2v) is 4.91. The lowest BCUT2D eigenvalue weighted by atomic mass is 10.1. The van der Waals surface area contributed by atoms with Gasteiger partial charge in [0.25, 0.3) is 0 Å². The first-order valence-electron chi connectivity index (χ1n) is 6.38. The number of hydrogen-bond donors (Lipinski definition) is 2. The number of carbonyl (C=O) groups is 1. The van der Waals surface area contributed by atoms with Crippen LogP contribution in [0, 0.1) is 0 Å². The summed E-state index contributed by atoms with van der Waals surface area (Å²) in [5.74, 6) is -0.0753. The maximum atomic E-state index is 11.6. The van der Waals surface area contributed by atoms with Crippen molar-refractivity contribution in [2.75, 3.05) is 18.2 Å². The molecule has 1 atom stereocenters. The predicted octanol–water partition coefficient (Wildman–Crippen LogP) is 3.28. The monoisotopic (exact) mass is 305 g/mol. The highest BCUT2D eigenvalue weighted by Gasteiger charge is 2.16. The van der Waals surface area contributed by atoms with Crippen LogP contribution in [0.5, 0.6) is 0 Å². The first kappa shape index (κ1) is 15.1. The van der Waals surface area contributed by atoms with Gasteiger partial charge in [0, 0.05) is 11.2 Å². The smallest absolute Gasteiger partial charge is 0.340 e. The molecule has 1 unspecified atom stereocenters. The highest BCUT2D eigenvalue weighted by atomic mass is 35.5. The largest absolute Gasteiger partial charge is 0.465 e. The molecule has 0 aliphatic heterocycles. The molecule has 2 aromatic rings. The number of nitrogen functional groups attached to an aromatic ring is 1. The number of ether oxygens (including phenoxy) is 1. The van der Waals surface area contributed by atoms with Gasteiger partial charge in [-0.15, -0.1) is 0 Å². The zero-order valence-electron chi connectivity index (χ0n) is 11.8. The van der Waals surface area contributed by atoms with E-state index in [9.17, 15) is 4.79 Å². The van der Waals surface area contributed by atoms with E-state index in [4.69, 9.17) is 17.3 Å². The fourth-order valence-electron chi connectivity index (χ4n) is 1.99. The summed E-state index contributed by atoms with van der Waals surface area (Å²) in [5.41, 5.74) is 7.42. The minimum atomic E-state index is -0.497. The number of halogens is 1. The molecule has 0 saturated carbocycles. The van der Waals surface area contributed by atoms with Crippen molar-refractivity contribution in [3.05, 3.63) is 52.7 Å². The Hall–Kier alpha value is -2.27. The Balaban J connectivity index is 2.28. The summed E-state index contributed by atoms with van der Waals surface area (Å²) in [6.07, 6.45) is 1.50. The number of benzene rings is 1. The van der Waals surface area contributed by atoms with E-state index in [0.717, 1.165) is 5.56 Å². The maximum absolute atomic E-state index is 11.6. The fourth-order valence-corrected chi connectivity index (χ4v) is 2.28. The van der Waals surface area contributed by atoms with Crippen molar-refractivity contribution >= 4 is 29.1 Å². The number of carbonyl (C=O) groups excluding carboxylic acids is 1. The van der Waals surface area contributed by atoms with E-state index in [1.54, 1.807) is 0 Å². The van der Waals surface area contributed by atoms with Crippen LogP contribution in [0.4, 0.5) is 11.5 Å². The lowest BCUT2D eigenvalue weighted by molar-refractivity contribution is 0.0602. The summed E-state index contributed by atoms with van der Waals surface area (Å²) in [6.45, 7) is 1.94. The third-order valence-electron chi connectivity index (χ3n) is 3.12. The second kappa shape index (κ2) is 6.45. The second-order valence-electron chi connectivity index (χ2n) is 4.50. The van der Waals surface area contributed by atoms with Gasteiger partial charge >= 0.3 is 5.97 Å². The van der Waals surface area contributed by atoms with Gasteiger partial charge in [0.05, 0.1) is 24.4 Å². The zero-order chi connectivity index (χ0) is 15.4. The van der Waals surface area contributed by atoms with Crippen molar-refractivity contribution < 1.29 is 9.53 Å². The molecule has 5 nitrogen and oxygen atoms in total. The normalized spacial score (nSPS) is 11.8. The summed E-state index contributed by atoms with van der Waals surface area (Å²) in [5, 5.41) is 3.81. The summed E-state index contributed by atoms with van der Waals surface area (Å²) >= 11 is 6.16. The Kier molecular flexibility index (Phi) is 4.65. The van der Waals surface area contributed by atoms with Crippen molar-refractivity contribution in [2.45, 2.75) is 13.0 Å². The summed E-state index contributed by atoms with van der Waals surface area (Å²) < 4.78 is 4.69. The zero-order valence-corrected chi connectivity index (χ0v) is 12.5. The van der Waals surface area contributed by atoms with Crippen LogP contribution in [0.1, 0.15) is 28.9 Å². The fraction of sp³-hybridized carbons (Fsp3) is 0.200. The predicted molar refractivity (Wildman–Crippen MR) is 83.5 cm³/mol. The van der Waals surface area contributed by atoms with Crippen molar-refractivity contribution in [3.8, 4) is 0 Å². The number of pyridine rings is 1. The van der Waals surface area contributed by atoms with Crippen molar-refractivity contribution in [1.82, 2.24) is 4.98 Å². The summed E-state index contributed by atoms with van der Waals surface area (Å²) in [4.78, 5) is 15.8. The van der Waals surface area contributed by atoms with Gasteiger partial charge < -0.3 is 15.8 Å². The molecule has 0 aliphatic carbocycles. The van der Waals surface area contributed by atoms with Gasteiger partial charge in [-0.25, -0.2) is 9.78 Å². The van der Waals surface area contributed by atoms with Crippen molar-refractivity contribution in [2.24, 2.45) is 0 Å². The molecule has 110 valence electrons. The quantitative estimate of drug-likeness (QED) is 0.848. The number of nitrogens with two attached hydrogens (primary N) is 1. The van der Waals surface area contributed by atoms with Crippen LogP contribution in [0.15, 0.2) is 36.5 Å². The van der Waals surface area contributed by atoms with E-state index in [-0.39, 0.29) is 17.3 Å². The van der Waals surface area contributed by atoms with Gasteiger partial charge in [-0.1, -0.05) is 29.8 Å². The highest BCUT2D eigenvalue weighted by Crippen LogP contribution is 2.28. The molecule has 1 aromatic carbocycles. The summed E-state index contributed by atoms with van der Waals surface area (Å²) in [7, 11) is 1.31. The van der Waals surface area contributed by atoms with E-state index >= 15 is 0 Å². The first-order valence-corrected chi connectivity index (χ1v) is 6.76. The first-order chi connectivity index (χ1) is 10.0. The van der Waals surface area contributed by atoms with E-state index in [2.05, 4.69) is 15.0 Å². The number of anilines is 2. The molecule has 0 aliphatic rings. The number of aromatic nitrogens is 1. The van der Waals surface area contributed by atoms with Crippen LogP contribution in [-0.2, 0) is 4.74 Å². The van der Waals surface area contributed by atoms with Gasteiger partial charge in [-0.2, -0.15) is 0 Å². The molecule has 0 amide bonds. The van der Waals surface area contributed by atoms with E-state index in [0.29, 0.717) is 10.8 Å². The van der Waals surface area contributed by atoms with Gasteiger partial charge in [-0.3, -0.25) is 0 Å². The average molecular weight is 306 g/mol. The van der Waals surface area contributed by atoms with Gasteiger partial charge in [0.1, 0.15) is 0 Å². The molecule has 21 heavy (non-hydrogen) atoms. The minimum Gasteiger partial charge on any atom is -0.465 e. The van der Waals surface area contributed by atoms with Crippen LogP contribution in [-0.4, -0.2) is 18.1 Å². The molecule has 1 aromatic heterocycles. The van der Waals surface area contributed by atoms with Crippen LogP contribution < -0.4 is 11.1 Å². The number of hydrogen-bond acceptors (Lipinski definition) is 5. The summed E-state index contributed by atoms with van der Waals surface area (Å²) in [6, 6.07) is 8.91. The molecule has 3 N–H and O–H groups in total. The molecule has 0 bridgehead atoms. The molecule has 0 spiro atoms. The van der Waals surface area contributed by atoms with Crippen LogP contribution in [0.2, 0.25) is 5.02 Å². The number of methoxy groups -OCH3 is 1. The van der Waals surface area contributed by atoms with E-state index in [1.807, 2.05) is 31.2 Å². The van der Waals surface area contributed by atoms with Gasteiger partial charge in [-0.05, 0) is 24.6 Å². The van der Waals surface area contributed by atoms with E-state index in [1.165, 1.54) is 19.4 Å². The topological polar surface area (TPSA) is 77.2 Å². The lowest BCUT2D eigenvalue weighted by Gasteiger charge is -2.18. The van der Waals surface area contributed by atoms with Crippen molar-refractivity contribution in [1.29, 1.82) is 0 Å². The third kappa shape index (κ3) is 3.25. The standard InChI is InChI=1S/C15H16ClN3O2/c1-9(10-5-3-4-6-12(10)16)19-14-13(17)11(7-8-18-14)15(20)21-2/h3-9H,17H2,1-2H3,(H,18,19). The average Bonchev–Trinajstić information content (AvgIpc) is 2.49. The number of rotatable bonds is 4. The molecule has 1 heterocycles. The Morgan fingerprint density at radius 3 is 2.76 bits per heavy atom. The van der Waals surface area contributed by atoms with Crippen molar-refractivity contribution in [3.63, 3.8) is 0 Å². The Morgan fingerprint density at radius 1 is 1.38 bits per heavy atom. The number of esters is 1. The molecular weight excluding hydrogens is 290 g/mol. The molecule has 6 heteroatoms. The third-order valence-corrected chi connectivity index (χ3v) is 3.46. The number of nitrogens with one attached hydrogen (secondary N) is 1. The number of nitrogens with zero attached hydrogens (tertiary/aromatic N) is 1. The van der Waals surface area contributed by atoms with Gasteiger partial charge in [0.2, 0.25) is 0 Å². The Bertz CT molecular complexity index is 661. The molecule has 2 rings (SSSR count). The van der Waals surface area contributed by atoms with Crippen LogP contribution in [0.3, 0.4) is 0 Å².